The van der Waals surface area contributed by atoms with Crippen LogP contribution in [0.25, 0.3) is 0 Å². The van der Waals surface area contributed by atoms with Crippen molar-refractivity contribution in [2.24, 2.45) is 5.92 Å². The summed E-state index contributed by atoms with van der Waals surface area (Å²) in [7, 11) is -3.28. The van der Waals surface area contributed by atoms with E-state index < -0.39 is 25.9 Å². The largest absolute Gasteiger partial charge is 0.352 e. The lowest BCUT2D eigenvalue weighted by molar-refractivity contribution is -0.384. The fourth-order valence-electron chi connectivity index (χ4n) is 1.67. The molecule has 0 aliphatic heterocycles. The molecule has 0 fully saturated rings. The fourth-order valence-corrected chi connectivity index (χ4v) is 2.53. The zero-order chi connectivity index (χ0) is 16.2. The average Bonchev–Trinajstić information content (AvgIpc) is 2.42. The summed E-state index contributed by atoms with van der Waals surface area (Å²) in [6, 6.07) is 5.79. The van der Waals surface area contributed by atoms with Crippen LogP contribution in [0.15, 0.2) is 24.3 Å². The van der Waals surface area contributed by atoms with Gasteiger partial charge in [0, 0.05) is 24.9 Å². The first-order valence-electron chi connectivity index (χ1n) is 6.33. The monoisotopic (exact) mass is 314 g/mol. The summed E-state index contributed by atoms with van der Waals surface area (Å²) >= 11 is 0. The lowest BCUT2D eigenvalue weighted by Gasteiger charge is -2.17. The minimum atomic E-state index is -3.28. The Morgan fingerprint density at radius 3 is 2.24 bits per heavy atom. The van der Waals surface area contributed by atoms with E-state index in [0.29, 0.717) is 5.56 Å². The molecule has 116 valence electrons. The van der Waals surface area contributed by atoms with Crippen LogP contribution in [0.2, 0.25) is 0 Å². The average molecular weight is 314 g/mol. The maximum absolute atomic E-state index is 11.9. The highest BCUT2D eigenvalue weighted by molar-refractivity contribution is 7.91. The van der Waals surface area contributed by atoms with Gasteiger partial charge in [0.25, 0.3) is 5.69 Å². The molecule has 1 rings (SSSR count). The maximum atomic E-state index is 11.9. The van der Waals surface area contributed by atoms with Crippen LogP contribution in [0.5, 0.6) is 0 Å². The van der Waals surface area contributed by atoms with E-state index in [-0.39, 0.29) is 18.1 Å². The number of nitrogens with one attached hydrogen (secondary N) is 1. The Kier molecular flexibility index (Phi) is 5.42. The van der Waals surface area contributed by atoms with Gasteiger partial charge in [-0.2, -0.15) is 0 Å². The number of hydrogen-bond acceptors (Lipinski definition) is 5. The number of carbonyl (C=O) groups is 1. The van der Waals surface area contributed by atoms with E-state index in [2.05, 4.69) is 5.32 Å². The van der Waals surface area contributed by atoms with Gasteiger partial charge in [0.15, 0.2) is 9.84 Å². The normalized spacial score (nSPS) is 14.2. The van der Waals surface area contributed by atoms with Crippen LogP contribution in [0.4, 0.5) is 5.69 Å². The Hall–Kier alpha value is -1.96. The number of carbonyl (C=O) groups excluding carboxylic acids is 1. The summed E-state index contributed by atoms with van der Waals surface area (Å²) in [4.78, 5) is 21.9. The number of hydrogen-bond donors (Lipinski definition) is 1. The van der Waals surface area contributed by atoms with Gasteiger partial charge in [-0.15, -0.1) is 0 Å². The maximum Gasteiger partial charge on any atom is 0.269 e. The molecule has 0 spiro atoms. The van der Waals surface area contributed by atoms with Gasteiger partial charge in [0.1, 0.15) is 0 Å². The molecule has 2 atom stereocenters. The van der Waals surface area contributed by atoms with E-state index in [1.165, 1.54) is 19.1 Å². The number of sulfone groups is 1. The minimum absolute atomic E-state index is 0.0239. The third-order valence-electron chi connectivity index (χ3n) is 3.41. The van der Waals surface area contributed by atoms with Crippen molar-refractivity contribution in [3.63, 3.8) is 0 Å². The summed E-state index contributed by atoms with van der Waals surface area (Å²) in [5.74, 6) is -1.04. The molecule has 0 radical (unpaired) electrons. The van der Waals surface area contributed by atoms with Crippen molar-refractivity contribution in [3.05, 3.63) is 39.9 Å². The van der Waals surface area contributed by atoms with E-state index in [0.717, 1.165) is 6.26 Å². The highest BCUT2D eigenvalue weighted by Crippen LogP contribution is 2.13. The number of non-ortho nitro benzene ring substituents is 1. The predicted octanol–water partition coefficient (Wildman–Crippen LogP) is 1.28. The highest BCUT2D eigenvalue weighted by Gasteiger charge is 2.27. The van der Waals surface area contributed by atoms with Gasteiger partial charge >= 0.3 is 0 Å². The summed E-state index contributed by atoms with van der Waals surface area (Å²) in [6.45, 7) is 3.24. The second-order valence-electron chi connectivity index (χ2n) is 4.96. The molecule has 1 aromatic rings. The van der Waals surface area contributed by atoms with E-state index in [9.17, 15) is 23.3 Å². The van der Waals surface area contributed by atoms with E-state index in [1.54, 1.807) is 19.1 Å². The quantitative estimate of drug-likeness (QED) is 0.629. The van der Waals surface area contributed by atoms with Crippen LogP contribution in [0, 0.1) is 16.0 Å². The van der Waals surface area contributed by atoms with Crippen LogP contribution in [-0.4, -0.2) is 30.8 Å². The summed E-state index contributed by atoms with van der Waals surface area (Å²) in [6.07, 6.45) is 1.10. The van der Waals surface area contributed by atoms with Crippen molar-refractivity contribution >= 4 is 21.4 Å². The van der Waals surface area contributed by atoms with E-state index in [4.69, 9.17) is 0 Å². The second kappa shape index (κ2) is 6.66. The number of nitro benzene ring substituents is 1. The van der Waals surface area contributed by atoms with Crippen LogP contribution in [-0.2, 0) is 21.2 Å². The number of amides is 1. The molecule has 0 aliphatic carbocycles. The first-order chi connectivity index (χ1) is 9.62. The third kappa shape index (κ3) is 4.82. The van der Waals surface area contributed by atoms with Crippen molar-refractivity contribution in [1.29, 1.82) is 0 Å². The van der Waals surface area contributed by atoms with Crippen molar-refractivity contribution in [1.82, 2.24) is 5.32 Å². The number of nitrogens with zero attached hydrogens (tertiary/aromatic N) is 1. The molecule has 1 amide bonds. The SMILES string of the molecule is C[C@H]([C@@H](C)C(=O)NCc1ccc([N+](=O)[O-])cc1)S(C)(=O)=O. The fraction of sp³-hybridized carbons (Fsp3) is 0.462. The van der Waals surface area contributed by atoms with Crippen LogP contribution < -0.4 is 5.32 Å². The molecule has 0 aromatic heterocycles. The van der Waals surface area contributed by atoms with Gasteiger partial charge in [-0.25, -0.2) is 8.42 Å². The summed E-state index contributed by atoms with van der Waals surface area (Å²) < 4.78 is 22.8. The van der Waals surface area contributed by atoms with Gasteiger partial charge in [-0.1, -0.05) is 19.1 Å². The minimum Gasteiger partial charge on any atom is -0.352 e. The lowest BCUT2D eigenvalue weighted by atomic mass is 10.1. The Morgan fingerprint density at radius 1 is 1.29 bits per heavy atom. The molecule has 1 aromatic carbocycles. The Morgan fingerprint density at radius 2 is 1.81 bits per heavy atom. The van der Waals surface area contributed by atoms with Crippen molar-refractivity contribution in [3.8, 4) is 0 Å². The number of rotatable bonds is 6. The van der Waals surface area contributed by atoms with Crippen molar-refractivity contribution in [2.75, 3.05) is 6.26 Å². The van der Waals surface area contributed by atoms with E-state index in [1.807, 2.05) is 0 Å². The van der Waals surface area contributed by atoms with Gasteiger partial charge in [-0.05, 0) is 12.5 Å². The zero-order valence-corrected chi connectivity index (χ0v) is 12.9. The van der Waals surface area contributed by atoms with Crippen LogP contribution in [0.3, 0.4) is 0 Å². The lowest BCUT2D eigenvalue weighted by Crippen LogP contribution is -2.37. The van der Waals surface area contributed by atoms with Crippen molar-refractivity contribution < 1.29 is 18.1 Å². The highest BCUT2D eigenvalue weighted by atomic mass is 32.2. The van der Waals surface area contributed by atoms with Gasteiger partial charge < -0.3 is 5.32 Å². The number of benzene rings is 1. The van der Waals surface area contributed by atoms with Gasteiger partial charge in [0.05, 0.1) is 16.1 Å². The molecule has 1 N–H and O–H groups in total. The van der Waals surface area contributed by atoms with Gasteiger partial charge in [0.2, 0.25) is 5.91 Å². The van der Waals surface area contributed by atoms with Gasteiger partial charge in [-0.3, -0.25) is 14.9 Å². The van der Waals surface area contributed by atoms with Crippen molar-refractivity contribution in [2.45, 2.75) is 25.6 Å². The van der Waals surface area contributed by atoms with Crippen LogP contribution >= 0.6 is 0 Å². The Balaban J connectivity index is 2.62. The molecule has 8 heteroatoms. The molecular formula is C13H18N2O5S. The Bertz CT molecular complexity index is 624. The molecule has 0 heterocycles. The Labute approximate surface area is 123 Å². The zero-order valence-electron chi connectivity index (χ0n) is 12.1. The molecule has 0 saturated heterocycles. The third-order valence-corrected chi connectivity index (χ3v) is 5.17. The molecule has 0 saturated carbocycles. The molecule has 0 bridgehead atoms. The number of nitro groups is 1. The first-order valence-corrected chi connectivity index (χ1v) is 8.28. The van der Waals surface area contributed by atoms with Crippen LogP contribution in [0.1, 0.15) is 19.4 Å². The smallest absolute Gasteiger partial charge is 0.269 e. The molecule has 21 heavy (non-hydrogen) atoms. The molecular weight excluding hydrogens is 296 g/mol. The summed E-state index contributed by atoms with van der Waals surface area (Å²) in [5.41, 5.74) is 0.678. The molecule has 0 unspecified atom stereocenters. The second-order valence-corrected chi connectivity index (χ2v) is 7.37. The molecule has 7 nitrogen and oxygen atoms in total. The summed E-state index contributed by atoms with van der Waals surface area (Å²) in [5, 5.41) is 12.4. The predicted molar refractivity (Wildman–Crippen MR) is 78.4 cm³/mol. The standard InChI is InChI=1S/C13H18N2O5S/c1-9(10(2)21(3,19)20)13(16)14-8-11-4-6-12(7-5-11)15(17)18/h4-7,9-10H,8H2,1-3H3,(H,14,16)/t9-,10-/m1/s1. The first kappa shape index (κ1) is 17.1. The van der Waals surface area contributed by atoms with E-state index >= 15 is 0 Å². The topological polar surface area (TPSA) is 106 Å². The molecule has 0 aliphatic rings.